The lowest BCUT2D eigenvalue weighted by Gasteiger charge is -2.34. The van der Waals surface area contributed by atoms with Gasteiger partial charge in [-0.25, -0.2) is 0 Å². The number of nitrogens with zero attached hydrogens (tertiary/aromatic N) is 1. The minimum absolute atomic E-state index is 0.0785. The lowest BCUT2D eigenvalue weighted by molar-refractivity contribution is 0.0161. The summed E-state index contributed by atoms with van der Waals surface area (Å²) in [4.78, 5) is 14.6. The molecule has 0 spiro atoms. The maximum absolute atomic E-state index is 12.3. The van der Waals surface area contributed by atoms with Crippen molar-refractivity contribution in [1.29, 1.82) is 0 Å². The van der Waals surface area contributed by atoms with Crippen molar-refractivity contribution in [2.24, 2.45) is 0 Å². The van der Waals surface area contributed by atoms with E-state index in [0.717, 1.165) is 30.2 Å². The number of nitrogens with one attached hydrogen (secondary N) is 1. The number of aryl methyl sites for hydroxylation is 1. The normalized spacial score (nSPS) is 16.4. The number of hydrogen-bond acceptors (Lipinski definition) is 5. The molecule has 134 valence electrons. The van der Waals surface area contributed by atoms with Gasteiger partial charge < -0.3 is 19.2 Å². The smallest absolute Gasteiger partial charge is 0.287 e. The summed E-state index contributed by atoms with van der Waals surface area (Å²) in [6, 6.07) is 11.5. The number of furan rings is 1. The van der Waals surface area contributed by atoms with Crippen molar-refractivity contribution < 1.29 is 18.7 Å². The minimum Gasteiger partial charge on any atom is -0.497 e. The van der Waals surface area contributed by atoms with Crippen molar-refractivity contribution in [2.45, 2.75) is 13.0 Å². The topological polar surface area (TPSA) is 63.9 Å². The molecule has 25 heavy (non-hydrogen) atoms. The van der Waals surface area contributed by atoms with Gasteiger partial charge in [0.25, 0.3) is 5.91 Å². The average molecular weight is 344 g/mol. The SMILES string of the molecule is COc1ccc([C@@H](CNC(=O)c2ccc(C)o2)N2CCOCC2)cc1. The molecule has 1 saturated heterocycles. The summed E-state index contributed by atoms with van der Waals surface area (Å²) >= 11 is 0. The van der Waals surface area contributed by atoms with Crippen LogP contribution in [-0.2, 0) is 4.74 Å². The lowest BCUT2D eigenvalue weighted by Crippen LogP contribution is -2.43. The molecule has 1 aliphatic heterocycles. The van der Waals surface area contributed by atoms with Crippen LogP contribution in [0.4, 0.5) is 0 Å². The molecular weight excluding hydrogens is 320 g/mol. The molecule has 0 radical (unpaired) electrons. The highest BCUT2D eigenvalue weighted by Gasteiger charge is 2.24. The van der Waals surface area contributed by atoms with Crippen LogP contribution >= 0.6 is 0 Å². The zero-order valence-corrected chi connectivity index (χ0v) is 14.7. The fourth-order valence-corrected chi connectivity index (χ4v) is 3.01. The Bertz CT molecular complexity index is 690. The van der Waals surface area contributed by atoms with Crippen LogP contribution in [0, 0.1) is 6.92 Å². The number of amides is 1. The van der Waals surface area contributed by atoms with E-state index in [0.29, 0.717) is 25.5 Å². The molecule has 1 atom stereocenters. The van der Waals surface area contributed by atoms with Gasteiger partial charge in [-0.15, -0.1) is 0 Å². The van der Waals surface area contributed by atoms with Crippen molar-refractivity contribution in [1.82, 2.24) is 10.2 Å². The largest absolute Gasteiger partial charge is 0.497 e. The van der Waals surface area contributed by atoms with Crippen LogP contribution in [-0.4, -0.2) is 50.8 Å². The van der Waals surface area contributed by atoms with E-state index in [9.17, 15) is 4.79 Å². The number of rotatable bonds is 6. The van der Waals surface area contributed by atoms with E-state index in [4.69, 9.17) is 13.9 Å². The van der Waals surface area contributed by atoms with Gasteiger partial charge in [-0.05, 0) is 36.8 Å². The average Bonchev–Trinajstić information content (AvgIpc) is 3.10. The van der Waals surface area contributed by atoms with Gasteiger partial charge in [0, 0.05) is 19.6 Å². The van der Waals surface area contributed by atoms with Gasteiger partial charge in [0.05, 0.1) is 26.4 Å². The third kappa shape index (κ3) is 4.41. The molecule has 1 aromatic heterocycles. The third-order valence-electron chi connectivity index (χ3n) is 4.41. The molecule has 1 N–H and O–H groups in total. The van der Waals surface area contributed by atoms with Crippen LogP contribution in [0.15, 0.2) is 40.8 Å². The van der Waals surface area contributed by atoms with Crippen molar-refractivity contribution in [3.63, 3.8) is 0 Å². The number of carbonyl (C=O) groups excluding carboxylic acids is 1. The van der Waals surface area contributed by atoms with E-state index in [2.05, 4.69) is 10.2 Å². The van der Waals surface area contributed by atoms with Crippen LogP contribution in [0.3, 0.4) is 0 Å². The van der Waals surface area contributed by atoms with Gasteiger partial charge in [0.2, 0.25) is 0 Å². The number of carbonyl (C=O) groups is 1. The van der Waals surface area contributed by atoms with Crippen LogP contribution in [0.1, 0.15) is 27.9 Å². The second-order valence-electron chi connectivity index (χ2n) is 6.06. The summed E-state index contributed by atoms with van der Waals surface area (Å²) in [5, 5.41) is 2.99. The zero-order valence-electron chi connectivity index (χ0n) is 14.7. The van der Waals surface area contributed by atoms with E-state index in [-0.39, 0.29) is 11.9 Å². The first kappa shape index (κ1) is 17.5. The van der Waals surface area contributed by atoms with Crippen LogP contribution in [0.5, 0.6) is 5.75 Å². The number of ether oxygens (including phenoxy) is 2. The van der Waals surface area contributed by atoms with Crippen molar-refractivity contribution in [2.75, 3.05) is 40.0 Å². The Balaban J connectivity index is 1.72. The Hall–Kier alpha value is -2.31. The predicted molar refractivity (Wildman–Crippen MR) is 93.9 cm³/mol. The first-order valence-electron chi connectivity index (χ1n) is 8.48. The van der Waals surface area contributed by atoms with E-state index in [1.807, 2.05) is 31.2 Å². The molecule has 1 amide bonds. The van der Waals surface area contributed by atoms with Crippen LogP contribution in [0.25, 0.3) is 0 Å². The van der Waals surface area contributed by atoms with Gasteiger partial charge >= 0.3 is 0 Å². The maximum atomic E-state index is 12.3. The van der Waals surface area contributed by atoms with Crippen LogP contribution < -0.4 is 10.1 Å². The van der Waals surface area contributed by atoms with Gasteiger partial charge in [-0.2, -0.15) is 0 Å². The third-order valence-corrected chi connectivity index (χ3v) is 4.41. The van der Waals surface area contributed by atoms with Gasteiger partial charge in [0.1, 0.15) is 11.5 Å². The van der Waals surface area contributed by atoms with E-state index in [1.165, 1.54) is 0 Å². The van der Waals surface area contributed by atoms with Crippen LogP contribution in [0.2, 0.25) is 0 Å². The summed E-state index contributed by atoms with van der Waals surface area (Å²) in [6.45, 7) is 5.42. The van der Waals surface area contributed by atoms with Gasteiger partial charge in [-0.3, -0.25) is 9.69 Å². The Morgan fingerprint density at radius 2 is 1.92 bits per heavy atom. The highest BCUT2D eigenvalue weighted by molar-refractivity contribution is 5.91. The van der Waals surface area contributed by atoms with Gasteiger partial charge in [-0.1, -0.05) is 12.1 Å². The summed E-state index contributed by atoms with van der Waals surface area (Å²) in [6.07, 6.45) is 0. The Labute approximate surface area is 147 Å². The summed E-state index contributed by atoms with van der Waals surface area (Å²) in [7, 11) is 1.65. The predicted octanol–water partition coefficient (Wildman–Crippen LogP) is 2.40. The fourth-order valence-electron chi connectivity index (χ4n) is 3.01. The van der Waals surface area contributed by atoms with Crippen molar-refractivity contribution in [3.8, 4) is 5.75 Å². The first-order valence-corrected chi connectivity index (χ1v) is 8.48. The van der Waals surface area contributed by atoms with Gasteiger partial charge in [0.15, 0.2) is 5.76 Å². The second-order valence-corrected chi connectivity index (χ2v) is 6.06. The lowest BCUT2D eigenvalue weighted by atomic mass is 10.0. The minimum atomic E-state index is -0.195. The number of morpholine rings is 1. The first-order chi connectivity index (χ1) is 12.2. The molecular formula is C19H24N2O4. The molecule has 0 bridgehead atoms. The fraction of sp³-hybridized carbons (Fsp3) is 0.421. The molecule has 1 aliphatic rings. The quantitative estimate of drug-likeness (QED) is 0.872. The molecule has 0 saturated carbocycles. The standard InChI is InChI=1S/C19H24N2O4/c1-14-3-8-18(25-14)19(22)20-13-17(21-9-11-24-12-10-21)15-4-6-16(23-2)7-5-15/h3-8,17H,9-13H2,1-2H3,(H,20,22)/t17-/m1/s1. The molecule has 6 heteroatoms. The summed E-state index contributed by atoms with van der Waals surface area (Å²) < 4.78 is 16.1. The Morgan fingerprint density at radius 1 is 1.20 bits per heavy atom. The number of hydrogen-bond donors (Lipinski definition) is 1. The molecule has 6 nitrogen and oxygen atoms in total. The highest BCUT2D eigenvalue weighted by Crippen LogP contribution is 2.24. The van der Waals surface area contributed by atoms with E-state index in [1.54, 1.807) is 19.2 Å². The summed E-state index contributed by atoms with van der Waals surface area (Å²) in [5.74, 6) is 1.69. The summed E-state index contributed by atoms with van der Waals surface area (Å²) in [5.41, 5.74) is 1.14. The molecule has 1 fully saturated rings. The Morgan fingerprint density at radius 3 is 2.52 bits per heavy atom. The monoisotopic (exact) mass is 344 g/mol. The molecule has 2 aromatic rings. The number of methoxy groups -OCH3 is 1. The highest BCUT2D eigenvalue weighted by atomic mass is 16.5. The zero-order chi connectivity index (χ0) is 17.6. The second kappa shape index (κ2) is 8.18. The van der Waals surface area contributed by atoms with E-state index < -0.39 is 0 Å². The molecule has 1 aromatic carbocycles. The van der Waals surface area contributed by atoms with E-state index >= 15 is 0 Å². The molecule has 0 aliphatic carbocycles. The molecule has 2 heterocycles. The Kier molecular flexibility index (Phi) is 5.73. The van der Waals surface area contributed by atoms with Crippen molar-refractivity contribution in [3.05, 3.63) is 53.5 Å². The van der Waals surface area contributed by atoms with Crippen molar-refractivity contribution >= 4 is 5.91 Å². The molecule has 3 rings (SSSR count). The molecule has 0 unspecified atom stereocenters. The number of benzene rings is 1. The maximum Gasteiger partial charge on any atom is 0.287 e.